The van der Waals surface area contributed by atoms with Crippen LogP contribution in [-0.4, -0.2) is 38.1 Å². The number of ketones is 1. The first-order valence-electron chi connectivity index (χ1n) is 10.5. The van der Waals surface area contributed by atoms with Gasteiger partial charge in [-0.05, 0) is 29.7 Å². The number of aryl methyl sites for hydroxylation is 1. The fourth-order valence-corrected chi connectivity index (χ4v) is 3.48. The maximum absolute atomic E-state index is 11.8. The quantitative estimate of drug-likeness (QED) is 0.226. The summed E-state index contributed by atoms with van der Waals surface area (Å²) in [6, 6.07) is 15.9. The number of rotatable bonds is 10. The first-order valence-corrected chi connectivity index (χ1v) is 10.5. The van der Waals surface area contributed by atoms with E-state index in [1.54, 1.807) is 12.4 Å². The smallest absolute Gasteiger partial charge is 0.222 e. The van der Waals surface area contributed by atoms with Crippen molar-refractivity contribution < 1.29 is 4.79 Å². The summed E-state index contributed by atoms with van der Waals surface area (Å²) in [5, 5.41) is 10.4. The molecule has 4 aromatic rings. The number of hydrogen-bond acceptors (Lipinski definition) is 6. The molecule has 2 heterocycles. The van der Waals surface area contributed by atoms with Gasteiger partial charge in [0.2, 0.25) is 5.95 Å². The molecule has 4 rings (SSSR count). The number of anilines is 1. The van der Waals surface area contributed by atoms with E-state index in [9.17, 15) is 4.79 Å². The molecule has 0 aliphatic carbocycles. The highest BCUT2D eigenvalue weighted by atomic mass is 16.1. The van der Waals surface area contributed by atoms with Crippen molar-refractivity contribution in [3.05, 3.63) is 72.3 Å². The molecule has 8 nitrogen and oxygen atoms in total. The molecule has 0 unspecified atom stereocenters. The monoisotopic (exact) mass is 427 g/mol. The molecule has 2 aromatic carbocycles. The Balaban J connectivity index is 1.32. The van der Waals surface area contributed by atoms with E-state index in [0.717, 1.165) is 40.0 Å². The van der Waals surface area contributed by atoms with Crippen molar-refractivity contribution in [1.82, 2.24) is 19.9 Å². The number of fused-ring (bicyclic) bond motifs is 1. The molecule has 162 valence electrons. The Kier molecular flexibility index (Phi) is 6.50. The largest absolute Gasteiger partial charge is 0.387 e. The van der Waals surface area contributed by atoms with Crippen LogP contribution in [0.5, 0.6) is 0 Å². The first kappa shape index (κ1) is 21.2. The molecule has 0 radical (unpaired) electrons. The van der Waals surface area contributed by atoms with Gasteiger partial charge in [0.05, 0.1) is 23.3 Å². The Hall–Kier alpha value is -4.07. The molecular weight excluding hydrogens is 402 g/mol. The van der Waals surface area contributed by atoms with Crippen LogP contribution in [0.25, 0.3) is 22.2 Å². The minimum absolute atomic E-state index is 0.0122. The number of imidazole rings is 1. The van der Waals surface area contributed by atoms with Gasteiger partial charge in [0.15, 0.2) is 0 Å². The molecule has 0 aliphatic rings. The van der Waals surface area contributed by atoms with E-state index < -0.39 is 0 Å². The number of aromatic amines is 1. The van der Waals surface area contributed by atoms with E-state index in [2.05, 4.69) is 25.3 Å². The van der Waals surface area contributed by atoms with Gasteiger partial charge < -0.3 is 16.0 Å². The predicted molar refractivity (Wildman–Crippen MR) is 126 cm³/mol. The zero-order valence-corrected chi connectivity index (χ0v) is 17.6. The predicted octanol–water partition coefficient (Wildman–Crippen LogP) is 3.50. The fourth-order valence-electron chi connectivity index (χ4n) is 3.48. The molecule has 5 N–H and O–H groups in total. The van der Waals surface area contributed by atoms with Crippen LogP contribution in [-0.2, 0) is 17.6 Å². The zero-order chi connectivity index (χ0) is 22.3. The highest BCUT2D eigenvalue weighted by Gasteiger charge is 2.07. The van der Waals surface area contributed by atoms with Gasteiger partial charge in [-0.15, -0.1) is 0 Å². The van der Waals surface area contributed by atoms with E-state index in [-0.39, 0.29) is 18.0 Å². The van der Waals surface area contributed by atoms with Crippen LogP contribution in [0.1, 0.15) is 24.2 Å². The Morgan fingerprint density at radius 3 is 2.62 bits per heavy atom. The minimum Gasteiger partial charge on any atom is -0.387 e. The molecule has 0 saturated heterocycles. The van der Waals surface area contributed by atoms with Gasteiger partial charge in [-0.1, -0.05) is 36.4 Å². The van der Waals surface area contributed by atoms with E-state index in [0.29, 0.717) is 25.3 Å². The minimum atomic E-state index is -0.0906. The van der Waals surface area contributed by atoms with Crippen molar-refractivity contribution in [3.8, 4) is 11.1 Å². The second kappa shape index (κ2) is 9.82. The average Bonchev–Trinajstić information content (AvgIpc) is 3.21. The number of nitrogens with one attached hydrogen (secondary N) is 3. The van der Waals surface area contributed by atoms with Crippen molar-refractivity contribution >= 4 is 28.6 Å². The summed E-state index contributed by atoms with van der Waals surface area (Å²) >= 11 is 0. The molecule has 0 aliphatic heterocycles. The SMILES string of the molecule is N=C(N)CC(=O)CCc1cccc(-c2cnc(NCCc3nc4ccccc4[nH]3)nc2)c1. The molecule has 0 saturated carbocycles. The lowest BCUT2D eigenvalue weighted by molar-refractivity contribution is -0.117. The molecule has 2 aromatic heterocycles. The number of para-hydroxylation sites is 2. The van der Waals surface area contributed by atoms with Crippen LogP contribution in [0, 0.1) is 5.41 Å². The van der Waals surface area contributed by atoms with Crippen molar-refractivity contribution in [3.63, 3.8) is 0 Å². The summed E-state index contributed by atoms with van der Waals surface area (Å²) < 4.78 is 0. The Labute approximate surface area is 185 Å². The van der Waals surface area contributed by atoms with E-state index in [1.165, 1.54) is 0 Å². The summed E-state index contributed by atoms with van der Waals surface area (Å²) in [7, 11) is 0. The van der Waals surface area contributed by atoms with Crippen molar-refractivity contribution in [2.45, 2.75) is 25.7 Å². The standard InChI is InChI=1S/C24H25N7O/c25-22(26)13-19(32)9-8-16-4-3-5-17(12-16)18-14-28-24(29-15-18)27-11-10-23-30-20-6-1-2-7-21(20)31-23/h1-7,12,14-15H,8-11,13H2,(H3,25,26)(H,30,31)(H,27,28,29). The number of nitrogens with zero attached hydrogens (tertiary/aromatic N) is 3. The normalized spacial score (nSPS) is 10.9. The van der Waals surface area contributed by atoms with Crippen molar-refractivity contribution in [2.75, 3.05) is 11.9 Å². The fraction of sp³-hybridized carbons (Fsp3) is 0.208. The molecular formula is C24H25N7O. The second-order valence-corrected chi connectivity index (χ2v) is 7.61. The van der Waals surface area contributed by atoms with Gasteiger partial charge in [-0.25, -0.2) is 15.0 Å². The first-order chi connectivity index (χ1) is 15.6. The van der Waals surface area contributed by atoms with Gasteiger partial charge in [-0.2, -0.15) is 0 Å². The van der Waals surface area contributed by atoms with E-state index >= 15 is 0 Å². The van der Waals surface area contributed by atoms with Crippen LogP contribution < -0.4 is 11.1 Å². The molecule has 8 heteroatoms. The van der Waals surface area contributed by atoms with Gasteiger partial charge >= 0.3 is 0 Å². The van der Waals surface area contributed by atoms with Crippen LogP contribution in [0.2, 0.25) is 0 Å². The topological polar surface area (TPSA) is 133 Å². The molecule has 0 spiro atoms. The van der Waals surface area contributed by atoms with E-state index in [4.69, 9.17) is 11.1 Å². The number of aromatic nitrogens is 4. The summed E-state index contributed by atoms with van der Waals surface area (Å²) in [6.45, 7) is 0.670. The number of H-pyrrole nitrogens is 1. The Morgan fingerprint density at radius 1 is 1.03 bits per heavy atom. The lowest BCUT2D eigenvalue weighted by Gasteiger charge is -2.07. The summed E-state index contributed by atoms with van der Waals surface area (Å²) in [5.41, 5.74) is 10.2. The number of benzene rings is 2. The molecule has 0 bridgehead atoms. The van der Waals surface area contributed by atoms with Crippen LogP contribution >= 0.6 is 0 Å². The number of Topliss-reactive ketones (excluding diaryl/α,β-unsaturated/α-hetero) is 1. The second-order valence-electron chi connectivity index (χ2n) is 7.61. The summed E-state index contributed by atoms with van der Waals surface area (Å²) in [5.74, 6) is 1.38. The third-order valence-electron chi connectivity index (χ3n) is 5.08. The van der Waals surface area contributed by atoms with Gasteiger partial charge in [0.25, 0.3) is 0 Å². The molecule has 32 heavy (non-hydrogen) atoms. The zero-order valence-electron chi connectivity index (χ0n) is 17.6. The number of hydrogen-bond donors (Lipinski definition) is 4. The van der Waals surface area contributed by atoms with Crippen LogP contribution in [0.4, 0.5) is 5.95 Å². The third-order valence-corrected chi connectivity index (χ3v) is 5.08. The molecule has 0 amide bonds. The summed E-state index contributed by atoms with van der Waals surface area (Å²) in [6.07, 6.45) is 5.31. The van der Waals surface area contributed by atoms with Gasteiger partial charge in [-0.3, -0.25) is 10.2 Å². The number of nitrogens with two attached hydrogens (primary N) is 1. The van der Waals surface area contributed by atoms with Gasteiger partial charge in [0.1, 0.15) is 11.6 Å². The average molecular weight is 428 g/mol. The number of amidine groups is 1. The van der Waals surface area contributed by atoms with Crippen molar-refractivity contribution in [1.29, 1.82) is 5.41 Å². The lowest BCUT2D eigenvalue weighted by Crippen LogP contribution is -2.15. The van der Waals surface area contributed by atoms with Gasteiger partial charge in [0, 0.05) is 37.3 Å². The maximum atomic E-state index is 11.8. The van der Waals surface area contributed by atoms with Crippen LogP contribution in [0.3, 0.4) is 0 Å². The number of carbonyl (C=O) groups is 1. The molecule has 0 fully saturated rings. The molecule has 0 atom stereocenters. The maximum Gasteiger partial charge on any atom is 0.222 e. The number of carbonyl (C=O) groups excluding carboxylic acids is 1. The van der Waals surface area contributed by atoms with Crippen molar-refractivity contribution in [2.24, 2.45) is 5.73 Å². The Bertz CT molecular complexity index is 1200. The van der Waals surface area contributed by atoms with E-state index in [1.807, 2.05) is 48.5 Å². The highest BCUT2D eigenvalue weighted by molar-refractivity contribution is 5.98. The third kappa shape index (κ3) is 5.54. The summed E-state index contributed by atoms with van der Waals surface area (Å²) in [4.78, 5) is 28.5. The Morgan fingerprint density at radius 2 is 1.84 bits per heavy atom. The highest BCUT2D eigenvalue weighted by Crippen LogP contribution is 2.20. The van der Waals surface area contributed by atoms with Crippen LogP contribution in [0.15, 0.2) is 60.9 Å². The lowest BCUT2D eigenvalue weighted by atomic mass is 10.0.